The maximum atomic E-state index is 10.2. The first-order valence-corrected chi connectivity index (χ1v) is 3.81. The van der Waals surface area contributed by atoms with E-state index in [4.69, 9.17) is 0 Å². The molecule has 13 heavy (non-hydrogen) atoms. The first-order valence-electron chi connectivity index (χ1n) is 3.81. The molecule has 4 heteroatoms. The predicted molar refractivity (Wildman–Crippen MR) is 51.1 cm³/mol. The Hall–Kier alpha value is -1.84. The predicted octanol–water partition coefficient (Wildman–Crippen LogP) is 1.89. The largest absolute Gasteiger partial charge is 0.375 e. The smallest absolute Gasteiger partial charge is 0.258 e. The van der Waals surface area contributed by atoms with Gasteiger partial charge in [0.1, 0.15) is 6.54 Å². The number of rotatable bonds is 4. The average molecular weight is 178 g/mol. The number of nitrogens with zero attached hydrogens (tertiary/aromatic N) is 1. The molecule has 0 radical (unpaired) electrons. The fourth-order valence-electron chi connectivity index (χ4n) is 0.825. The summed E-state index contributed by atoms with van der Waals surface area (Å²) in [6, 6.07) is 9.28. The number of nitro groups is 1. The Morgan fingerprint density at radius 3 is 2.62 bits per heavy atom. The van der Waals surface area contributed by atoms with E-state index in [1.54, 1.807) is 0 Å². The Bertz CT molecular complexity index is 309. The zero-order valence-electron chi connectivity index (χ0n) is 7.06. The summed E-state index contributed by atoms with van der Waals surface area (Å²) in [5.41, 5.74) is 0.814. The number of anilines is 1. The van der Waals surface area contributed by atoms with Crippen LogP contribution in [0.1, 0.15) is 0 Å². The molecule has 0 aliphatic carbocycles. The van der Waals surface area contributed by atoms with E-state index >= 15 is 0 Å². The molecule has 1 N–H and O–H groups in total. The van der Waals surface area contributed by atoms with Gasteiger partial charge in [-0.3, -0.25) is 10.1 Å². The van der Waals surface area contributed by atoms with Gasteiger partial charge >= 0.3 is 0 Å². The van der Waals surface area contributed by atoms with Crippen molar-refractivity contribution in [3.8, 4) is 0 Å². The molecule has 68 valence electrons. The molecule has 0 saturated heterocycles. The number of benzene rings is 1. The molecule has 1 rings (SSSR count). The van der Waals surface area contributed by atoms with Gasteiger partial charge in [-0.1, -0.05) is 18.2 Å². The standard InChI is InChI=1S/C9H10N2O2/c1-8(11(12)13)7-10-9-5-3-2-4-6-9/h2-6,10H,1,7H2. The number of hydrogen-bond acceptors (Lipinski definition) is 3. The van der Waals surface area contributed by atoms with E-state index in [-0.39, 0.29) is 12.2 Å². The van der Waals surface area contributed by atoms with E-state index in [0.29, 0.717) is 0 Å². The Morgan fingerprint density at radius 1 is 1.46 bits per heavy atom. The van der Waals surface area contributed by atoms with Crippen LogP contribution in [0.2, 0.25) is 0 Å². The van der Waals surface area contributed by atoms with E-state index in [2.05, 4.69) is 11.9 Å². The Labute approximate surface area is 76.0 Å². The zero-order valence-corrected chi connectivity index (χ0v) is 7.06. The monoisotopic (exact) mass is 178 g/mol. The molecule has 0 aliphatic heterocycles. The maximum Gasteiger partial charge on any atom is 0.258 e. The molecule has 1 aromatic rings. The van der Waals surface area contributed by atoms with Crippen LogP contribution in [-0.2, 0) is 0 Å². The highest BCUT2D eigenvalue weighted by Gasteiger charge is 2.04. The fraction of sp³-hybridized carbons (Fsp3) is 0.111. The van der Waals surface area contributed by atoms with Crippen LogP contribution in [-0.4, -0.2) is 11.5 Å². The molecule has 0 amide bonds. The summed E-state index contributed by atoms with van der Waals surface area (Å²) >= 11 is 0. The van der Waals surface area contributed by atoms with Gasteiger partial charge < -0.3 is 5.32 Å². The van der Waals surface area contributed by atoms with Crippen LogP contribution in [0.3, 0.4) is 0 Å². The minimum Gasteiger partial charge on any atom is -0.375 e. The van der Waals surface area contributed by atoms with Crippen molar-refractivity contribution in [2.24, 2.45) is 0 Å². The van der Waals surface area contributed by atoms with Crippen LogP contribution in [0.15, 0.2) is 42.6 Å². The fourth-order valence-corrected chi connectivity index (χ4v) is 0.825. The molecule has 0 aromatic heterocycles. The lowest BCUT2D eigenvalue weighted by atomic mass is 10.3. The van der Waals surface area contributed by atoms with Crippen molar-refractivity contribution in [1.29, 1.82) is 0 Å². The van der Waals surface area contributed by atoms with Gasteiger partial charge in [-0.05, 0) is 18.7 Å². The van der Waals surface area contributed by atoms with Gasteiger partial charge in [0.25, 0.3) is 5.70 Å². The van der Waals surface area contributed by atoms with Crippen molar-refractivity contribution in [3.05, 3.63) is 52.7 Å². The summed E-state index contributed by atoms with van der Waals surface area (Å²) < 4.78 is 0. The third-order valence-corrected chi connectivity index (χ3v) is 1.53. The molecule has 0 spiro atoms. The number of para-hydroxylation sites is 1. The van der Waals surface area contributed by atoms with Crippen molar-refractivity contribution in [3.63, 3.8) is 0 Å². The molecule has 0 unspecified atom stereocenters. The topological polar surface area (TPSA) is 55.2 Å². The second kappa shape index (κ2) is 4.25. The third kappa shape index (κ3) is 2.94. The van der Waals surface area contributed by atoms with Gasteiger partial charge in [0.2, 0.25) is 0 Å². The minimum atomic E-state index is -0.490. The molecular formula is C9H10N2O2. The van der Waals surface area contributed by atoms with E-state index in [1.165, 1.54) is 0 Å². The maximum absolute atomic E-state index is 10.2. The Balaban J connectivity index is 2.44. The molecular weight excluding hydrogens is 168 g/mol. The van der Waals surface area contributed by atoms with Crippen molar-refractivity contribution >= 4 is 5.69 Å². The van der Waals surface area contributed by atoms with Gasteiger partial charge in [0.05, 0.1) is 4.92 Å². The second-order valence-corrected chi connectivity index (χ2v) is 2.54. The van der Waals surface area contributed by atoms with E-state index < -0.39 is 4.92 Å². The SMILES string of the molecule is C=C(CNc1ccccc1)[N+](=O)[O-]. The number of nitrogens with one attached hydrogen (secondary N) is 1. The molecule has 0 atom stereocenters. The van der Waals surface area contributed by atoms with Gasteiger partial charge in [-0.15, -0.1) is 0 Å². The first-order chi connectivity index (χ1) is 6.20. The summed E-state index contributed by atoms with van der Waals surface area (Å²) in [7, 11) is 0. The summed E-state index contributed by atoms with van der Waals surface area (Å²) in [6.45, 7) is 3.47. The first kappa shape index (κ1) is 9.25. The van der Waals surface area contributed by atoms with Crippen molar-refractivity contribution < 1.29 is 4.92 Å². The number of hydrogen-bond donors (Lipinski definition) is 1. The molecule has 0 heterocycles. The lowest BCUT2D eigenvalue weighted by molar-refractivity contribution is -0.424. The van der Waals surface area contributed by atoms with Crippen molar-refractivity contribution in [1.82, 2.24) is 0 Å². The zero-order chi connectivity index (χ0) is 9.68. The molecule has 1 aromatic carbocycles. The summed E-state index contributed by atoms with van der Waals surface area (Å²) in [6.07, 6.45) is 0. The molecule has 4 nitrogen and oxygen atoms in total. The quantitative estimate of drug-likeness (QED) is 0.565. The minimum absolute atomic E-state index is 0.0381. The normalized spacial score (nSPS) is 9.23. The van der Waals surface area contributed by atoms with Gasteiger partial charge in [0.15, 0.2) is 0 Å². The average Bonchev–Trinajstić information content (AvgIpc) is 2.15. The van der Waals surface area contributed by atoms with E-state index in [0.717, 1.165) is 5.69 Å². The summed E-state index contributed by atoms with van der Waals surface area (Å²) in [4.78, 5) is 9.70. The van der Waals surface area contributed by atoms with E-state index in [9.17, 15) is 10.1 Å². The van der Waals surface area contributed by atoms with Gasteiger partial charge in [-0.25, -0.2) is 0 Å². The van der Waals surface area contributed by atoms with Gasteiger partial charge in [0, 0.05) is 5.69 Å². The van der Waals surface area contributed by atoms with Crippen LogP contribution in [0.5, 0.6) is 0 Å². The highest BCUT2D eigenvalue weighted by Crippen LogP contribution is 2.05. The Kier molecular flexibility index (Phi) is 3.03. The van der Waals surface area contributed by atoms with Crippen LogP contribution in [0.4, 0.5) is 5.69 Å². The molecule has 0 saturated carbocycles. The second-order valence-electron chi connectivity index (χ2n) is 2.54. The highest BCUT2D eigenvalue weighted by atomic mass is 16.6. The van der Waals surface area contributed by atoms with Crippen LogP contribution in [0.25, 0.3) is 0 Å². The van der Waals surface area contributed by atoms with E-state index in [1.807, 2.05) is 30.3 Å². The summed E-state index contributed by atoms with van der Waals surface area (Å²) in [5.74, 6) is 0. The Morgan fingerprint density at radius 2 is 2.08 bits per heavy atom. The van der Waals surface area contributed by atoms with Crippen LogP contribution in [0, 0.1) is 10.1 Å². The molecule has 0 fully saturated rings. The summed E-state index contributed by atoms with van der Waals surface area (Å²) in [5, 5.41) is 13.1. The van der Waals surface area contributed by atoms with Crippen molar-refractivity contribution in [2.45, 2.75) is 0 Å². The van der Waals surface area contributed by atoms with Crippen molar-refractivity contribution in [2.75, 3.05) is 11.9 Å². The lowest BCUT2D eigenvalue weighted by Crippen LogP contribution is -2.10. The van der Waals surface area contributed by atoms with Crippen LogP contribution >= 0.6 is 0 Å². The lowest BCUT2D eigenvalue weighted by Gasteiger charge is -2.02. The van der Waals surface area contributed by atoms with Gasteiger partial charge in [-0.2, -0.15) is 0 Å². The third-order valence-electron chi connectivity index (χ3n) is 1.53. The highest BCUT2D eigenvalue weighted by molar-refractivity contribution is 5.43. The molecule has 0 aliphatic rings. The van der Waals surface area contributed by atoms with Crippen LogP contribution < -0.4 is 5.32 Å². The molecule has 0 bridgehead atoms.